The standard InChI is InChI=1S/C11H11N5O2/c12-8-3-4-16-9(13-8)5-7(15-16)6-1-2-10(17)14-11(6)18/h3-6H,1-2H2,(H2,12,13)(H,14,17,18). The number of nitrogen functional groups attached to an aromatic ring is 1. The molecule has 3 N–H and O–H groups in total. The highest BCUT2D eigenvalue weighted by molar-refractivity contribution is 6.00. The molecule has 1 aliphatic heterocycles. The molecular formula is C11H11N5O2. The molecule has 92 valence electrons. The van der Waals surface area contributed by atoms with Crippen LogP contribution in [0, 0.1) is 0 Å². The second-order valence-electron chi connectivity index (χ2n) is 4.23. The van der Waals surface area contributed by atoms with Crippen LogP contribution in [0.1, 0.15) is 24.5 Å². The molecule has 0 spiro atoms. The smallest absolute Gasteiger partial charge is 0.235 e. The van der Waals surface area contributed by atoms with Gasteiger partial charge in [-0.2, -0.15) is 5.10 Å². The number of rotatable bonds is 1. The topological polar surface area (TPSA) is 102 Å². The van der Waals surface area contributed by atoms with Crippen molar-refractivity contribution in [3.8, 4) is 0 Å². The minimum Gasteiger partial charge on any atom is -0.384 e. The number of nitrogens with one attached hydrogen (secondary N) is 1. The van der Waals surface area contributed by atoms with Gasteiger partial charge in [0.25, 0.3) is 0 Å². The lowest BCUT2D eigenvalue weighted by Crippen LogP contribution is -2.39. The van der Waals surface area contributed by atoms with Crippen LogP contribution in [0.4, 0.5) is 5.82 Å². The summed E-state index contributed by atoms with van der Waals surface area (Å²) in [5, 5.41) is 6.59. The Morgan fingerprint density at radius 2 is 2.28 bits per heavy atom. The highest BCUT2D eigenvalue weighted by atomic mass is 16.2. The first kappa shape index (κ1) is 10.7. The number of hydrogen-bond acceptors (Lipinski definition) is 5. The molecule has 0 aliphatic carbocycles. The Balaban J connectivity index is 1.99. The number of fused-ring (bicyclic) bond motifs is 1. The molecule has 0 saturated carbocycles. The van der Waals surface area contributed by atoms with Crippen molar-refractivity contribution in [2.45, 2.75) is 18.8 Å². The lowest BCUT2D eigenvalue weighted by atomic mass is 9.95. The molecule has 0 bridgehead atoms. The maximum Gasteiger partial charge on any atom is 0.235 e. The van der Waals surface area contributed by atoms with Gasteiger partial charge in [0.1, 0.15) is 5.82 Å². The maximum absolute atomic E-state index is 11.7. The lowest BCUT2D eigenvalue weighted by Gasteiger charge is -2.18. The van der Waals surface area contributed by atoms with Crippen LogP contribution in [-0.2, 0) is 9.59 Å². The van der Waals surface area contributed by atoms with E-state index in [-0.39, 0.29) is 11.8 Å². The van der Waals surface area contributed by atoms with Crippen molar-refractivity contribution in [2.75, 3.05) is 5.73 Å². The highest BCUT2D eigenvalue weighted by Gasteiger charge is 2.30. The average molecular weight is 245 g/mol. The number of piperidine rings is 1. The summed E-state index contributed by atoms with van der Waals surface area (Å²) in [4.78, 5) is 26.9. The van der Waals surface area contributed by atoms with Crippen molar-refractivity contribution in [3.05, 3.63) is 24.0 Å². The Kier molecular flexibility index (Phi) is 2.26. The minimum atomic E-state index is -0.398. The zero-order valence-corrected chi connectivity index (χ0v) is 9.46. The first-order valence-electron chi connectivity index (χ1n) is 5.59. The van der Waals surface area contributed by atoms with Crippen molar-refractivity contribution >= 4 is 23.3 Å². The van der Waals surface area contributed by atoms with Crippen LogP contribution in [0.3, 0.4) is 0 Å². The Morgan fingerprint density at radius 3 is 3.06 bits per heavy atom. The van der Waals surface area contributed by atoms with E-state index in [1.807, 2.05) is 0 Å². The van der Waals surface area contributed by atoms with Gasteiger partial charge in [0.05, 0.1) is 11.6 Å². The summed E-state index contributed by atoms with van der Waals surface area (Å²) in [6, 6.07) is 3.35. The summed E-state index contributed by atoms with van der Waals surface area (Å²) in [6.07, 6.45) is 2.50. The molecule has 2 aromatic rings. The molecule has 18 heavy (non-hydrogen) atoms. The Morgan fingerprint density at radius 1 is 1.44 bits per heavy atom. The van der Waals surface area contributed by atoms with Gasteiger partial charge >= 0.3 is 0 Å². The van der Waals surface area contributed by atoms with Crippen LogP contribution in [0.5, 0.6) is 0 Å². The molecule has 3 heterocycles. The van der Waals surface area contributed by atoms with Crippen LogP contribution in [0.25, 0.3) is 5.65 Å². The van der Waals surface area contributed by atoms with E-state index in [2.05, 4.69) is 15.4 Å². The van der Waals surface area contributed by atoms with Gasteiger partial charge in [-0.15, -0.1) is 0 Å². The van der Waals surface area contributed by atoms with Gasteiger partial charge in [-0.1, -0.05) is 0 Å². The molecule has 3 rings (SSSR count). The fourth-order valence-electron chi connectivity index (χ4n) is 2.06. The number of anilines is 1. The fraction of sp³-hybridized carbons (Fsp3) is 0.273. The summed E-state index contributed by atoms with van der Waals surface area (Å²) in [5.74, 6) is -0.534. The van der Waals surface area contributed by atoms with Crippen LogP contribution < -0.4 is 11.1 Å². The molecule has 2 amide bonds. The predicted octanol–water partition coefficient (Wildman–Crippen LogP) is -0.168. The van der Waals surface area contributed by atoms with Crippen molar-refractivity contribution in [1.29, 1.82) is 0 Å². The van der Waals surface area contributed by atoms with Gasteiger partial charge in [0.15, 0.2) is 5.65 Å². The Labute approximate surface area is 102 Å². The van der Waals surface area contributed by atoms with Crippen molar-refractivity contribution in [2.24, 2.45) is 0 Å². The average Bonchev–Trinajstić information content (AvgIpc) is 2.71. The molecule has 0 radical (unpaired) electrons. The van der Waals surface area contributed by atoms with Gasteiger partial charge in [-0.3, -0.25) is 14.9 Å². The van der Waals surface area contributed by atoms with E-state index >= 15 is 0 Å². The van der Waals surface area contributed by atoms with Crippen molar-refractivity contribution in [1.82, 2.24) is 19.9 Å². The lowest BCUT2D eigenvalue weighted by molar-refractivity contribution is -0.134. The number of amides is 2. The van der Waals surface area contributed by atoms with E-state index < -0.39 is 5.92 Å². The molecule has 1 unspecified atom stereocenters. The number of carbonyl (C=O) groups is 2. The van der Waals surface area contributed by atoms with Crippen molar-refractivity contribution in [3.63, 3.8) is 0 Å². The van der Waals surface area contributed by atoms with Gasteiger partial charge < -0.3 is 5.73 Å². The van der Waals surface area contributed by atoms with E-state index in [1.54, 1.807) is 22.8 Å². The summed E-state index contributed by atoms with van der Waals surface area (Å²) >= 11 is 0. The van der Waals surface area contributed by atoms with E-state index in [0.29, 0.717) is 30.0 Å². The quantitative estimate of drug-likeness (QED) is 0.679. The number of carbonyl (C=O) groups excluding carboxylic acids is 2. The van der Waals surface area contributed by atoms with Crippen molar-refractivity contribution < 1.29 is 9.59 Å². The molecule has 7 nitrogen and oxygen atoms in total. The second-order valence-corrected chi connectivity index (χ2v) is 4.23. The number of imide groups is 1. The SMILES string of the molecule is Nc1ccn2nc(C3CCC(=O)NC3=O)cc2n1. The third kappa shape index (κ3) is 1.69. The van der Waals surface area contributed by atoms with Gasteiger partial charge in [-0.05, 0) is 12.5 Å². The highest BCUT2D eigenvalue weighted by Crippen LogP contribution is 2.24. The first-order chi connectivity index (χ1) is 8.63. The molecule has 0 aromatic carbocycles. The van der Waals surface area contributed by atoms with Crippen LogP contribution in [0.2, 0.25) is 0 Å². The fourth-order valence-corrected chi connectivity index (χ4v) is 2.06. The number of hydrogen-bond donors (Lipinski definition) is 2. The number of aromatic nitrogens is 3. The van der Waals surface area contributed by atoms with Gasteiger partial charge in [-0.25, -0.2) is 9.50 Å². The zero-order chi connectivity index (χ0) is 12.7. The largest absolute Gasteiger partial charge is 0.384 e. The zero-order valence-electron chi connectivity index (χ0n) is 9.46. The Bertz CT molecular complexity index is 648. The van der Waals surface area contributed by atoms with Gasteiger partial charge in [0.2, 0.25) is 11.8 Å². The molecule has 1 fully saturated rings. The minimum absolute atomic E-state index is 0.234. The molecule has 1 saturated heterocycles. The Hall–Kier alpha value is -2.44. The third-order valence-corrected chi connectivity index (χ3v) is 2.96. The summed E-state index contributed by atoms with van der Waals surface area (Å²) < 4.78 is 1.56. The van der Waals surface area contributed by atoms with Crippen LogP contribution >= 0.6 is 0 Å². The second kappa shape index (κ2) is 3.80. The maximum atomic E-state index is 11.7. The van der Waals surface area contributed by atoms with Crippen LogP contribution in [0.15, 0.2) is 18.3 Å². The number of nitrogens with two attached hydrogens (primary N) is 1. The van der Waals surface area contributed by atoms with E-state index in [0.717, 1.165) is 0 Å². The molecule has 2 aromatic heterocycles. The third-order valence-electron chi connectivity index (χ3n) is 2.96. The molecule has 1 atom stereocenters. The number of nitrogens with zero attached hydrogens (tertiary/aromatic N) is 3. The predicted molar refractivity (Wildman–Crippen MR) is 62.5 cm³/mol. The van der Waals surface area contributed by atoms with Crippen LogP contribution in [-0.4, -0.2) is 26.4 Å². The monoisotopic (exact) mass is 245 g/mol. The van der Waals surface area contributed by atoms with E-state index in [4.69, 9.17) is 5.73 Å². The summed E-state index contributed by atoms with van der Waals surface area (Å²) in [5.41, 5.74) is 6.78. The van der Waals surface area contributed by atoms with E-state index in [1.165, 1.54) is 0 Å². The molecule has 7 heteroatoms. The van der Waals surface area contributed by atoms with Gasteiger partial charge in [0, 0.05) is 18.7 Å². The van der Waals surface area contributed by atoms with E-state index in [9.17, 15) is 9.59 Å². The summed E-state index contributed by atoms with van der Waals surface area (Å²) in [7, 11) is 0. The molecule has 1 aliphatic rings. The normalized spacial score (nSPS) is 20.1. The summed E-state index contributed by atoms with van der Waals surface area (Å²) in [6.45, 7) is 0. The first-order valence-corrected chi connectivity index (χ1v) is 5.59. The molecular weight excluding hydrogens is 234 g/mol.